The number of amides is 1. The molecule has 1 heterocycles. The number of benzene rings is 2. The Bertz CT molecular complexity index is 1020. The fourth-order valence-corrected chi connectivity index (χ4v) is 3.08. The molecule has 1 saturated heterocycles. The van der Waals surface area contributed by atoms with E-state index in [-0.39, 0.29) is 11.1 Å². The van der Waals surface area contributed by atoms with Gasteiger partial charge in [0.2, 0.25) is 6.10 Å². The number of nitrogens with zero attached hydrogens (tertiary/aromatic N) is 1. The number of ether oxygens (including phenoxy) is 3. The van der Waals surface area contributed by atoms with Gasteiger partial charge in [-0.1, -0.05) is 6.58 Å². The summed E-state index contributed by atoms with van der Waals surface area (Å²) in [6.45, 7) is 5.04. The fourth-order valence-electron chi connectivity index (χ4n) is 3.08. The Morgan fingerprint density at radius 3 is 2.00 bits per heavy atom. The monoisotopic (exact) mass is 407 g/mol. The normalized spacial score (nSPS) is 17.4. The molecule has 154 valence electrons. The molecule has 7 nitrogen and oxygen atoms in total. The number of methoxy groups -OCH3 is 2. The number of β-lactam (4-membered cyclic amide) rings is 1. The highest BCUT2D eigenvalue weighted by atomic mass is 16.6. The third-order valence-corrected chi connectivity index (χ3v) is 4.86. The molecule has 0 bridgehead atoms. The first-order chi connectivity index (χ1) is 14.4. The molecule has 1 aliphatic rings. The first-order valence-corrected chi connectivity index (χ1v) is 9.14. The van der Waals surface area contributed by atoms with Gasteiger partial charge in [0.05, 0.1) is 19.8 Å². The van der Waals surface area contributed by atoms with Crippen molar-refractivity contribution in [2.75, 3.05) is 19.1 Å². The van der Waals surface area contributed by atoms with E-state index >= 15 is 0 Å². The molecular formula is C23H21NO6. The Hall–Kier alpha value is -3.83. The lowest BCUT2D eigenvalue weighted by molar-refractivity contribution is -0.143. The second-order valence-corrected chi connectivity index (χ2v) is 6.57. The number of hydrogen-bond acceptors (Lipinski definition) is 6. The van der Waals surface area contributed by atoms with Gasteiger partial charge in [0, 0.05) is 11.3 Å². The van der Waals surface area contributed by atoms with Gasteiger partial charge in [-0.15, -0.1) is 5.73 Å². The van der Waals surface area contributed by atoms with E-state index in [1.165, 1.54) is 31.3 Å². The number of esters is 1. The van der Waals surface area contributed by atoms with Crippen molar-refractivity contribution in [1.29, 1.82) is 0 Å². The van der Waals surface area contributed by atoms with Crippen LogP contribution < -0.4 is 14.4 Å². The summed E-state index contributed by atoms with van der Waals surface area (Å²) >= 11 is 0. The SMILES string of the molecule is C=C=C(C)C(=O)[C@H]1[C@@H](OC(=O)c2ccc(OC)cc2)C(=O)N1c1ccc(OC)cc1. The Kier molecular flexibility index (Phi) is 6.04. The summed E-state index contributed by atoms with van der Waals surface area (Å²) in [4.78, 5) is 39.5. The molecule has 0 N–H and O–H groups in total. The molecule has 0 spiro atoms. The Morgan fingerprint density at radius 1 is 0.967 bits per heavy atom. The first-order valence-electron chi connectivity index (χ1n) is 9.14. The van der Waals surface area contributed by atoms with Gasteiger partial charge < -0.3 is 14.2 Å². The Balaban J connectivity index is 1.86. The van der Waals surface area contributed by atoms with Gasteiger partial charge in [-0.25, -0.2) is 4.79 Å². The van der Waals surface area contributed by atoms with E-state index in [1.54, 1.807) is 43.3 Å². The van der Waals surface area contributed by atoms with Crippen molar-refractivity contribution in [2.45, 2.75) is 19.1 Å². The lowest BCUT2D eigenvalue weighted by Crippen LogP contribution is -2.69. The van der Waals surface area contributed by atoms with Gasteiger partial charge in [-0.3, -0.25) is 14.5 Å². The lowest BCUT2D eigenvalue weighted by Gasteiger charge is -2.44. The Morgan fingerprint density at radius 2 is 1.50 bits per heavy atom. The summed E-state index contributed by atoms with van der Waals surface area (Å²) in [5, 5.41) is 0. The van der Waals surface area contributed by atoms with Crippen LogP contribution in [0.3, 0.4) is 0 Å². The van der Waals surface area contributed by atoms with Crippen molar-refractivity contribution >= 4 is 23.3 Å². The van der Waals surface area contributed by atoms with E-state index in [0.717, 1.165) is 0 Å². The molecular weight excluding hydrogens is 386 g/mol. The molecule has 0 radical (unpaired) electrons. The number of ketones is 1. The van der Waals surface area contributed by atoms with E-state index < -0.39 is 29.8 Å². The minimum absolute atomic E-state index is 0.244. The maximum atomic E-state index is 12.9. The molecule has 0 aromatic heterocycles. The second kappa shape index (κ2) is 8.68. The van der Waals surface area contributed by atoms with Gasteiger partial charge in [-0.2, -0.15) is 0 Å². The van der Waals surface area contributed by atoms with E-state index in [1.807, 2.05) is 0 Å². The summed E-state index contributed by atoms with van der Waals surface area (Å²) < 4.78 is 15.6. The molecule has 1 aliphatic heterocycles. The van der Waals surface area contributed by atoms with Crippen LogP contribution in [0.1, 0.15) is 17.3 Å². The zero-order chi connectivity index (χ0) is 21.8. The maximum Gasteiger partial charge on any atom is 0.339 e. The van der Waals surface area contributed by atoms with Crippen molar-refractivity contribution in [3.8, 4) is 11.5 Å². The highest BCUT2D eigenvalue weighted by molar-refractivity contribution is 6.18. The molecule has 0 aliphatic carbocycles. The van der Waals surface area contributed by atoms with Crippen LogP contribution >= 0.6 is 0 Å². The average molecular weight is 407 g/mol. The Labute approximate surface area is 174 Å². The molecule has 30 heavy (non-hydrogen) atoms. The van der Waals surface area contributed by atoms with Gasteiger partial charge in [0.1, 0.15) is 17.5 Å². The number of carbonyl (C=O) groups excluding carboxylic acids is 3. The standard InChI is InChI=1S/C23H21NO6/c1-5-14(2)20(25)19-21(30-23(27)15-6-10-17(28-3)11-7-15)22(26)24(19)16-8-12-18(29-4)13-9-16/h6-13,19,21H,1H2,2-4H3/t19-,21+/m0/s1. The summed E-state index contributed by atoms with van der Waals surface area (Å²) in [5.74, 6) is -0.399. The minimum atomic E-state index is -1.24. The van der Waals surface area contributed by atoms with Crippen LogP contribution in [-0.4, -0.2) is 44.0 Å². The van der Waals surface area contributed by atoms with Gasteiger partial charge in [-0.05, 0) is 55.5 Å². The average Bonchev–Trinajstić information content (AvgIpc) is 2.79. The van der Waals surface area contributed by atoms with Crippen LogP contribution in [0, 0.1) is 0 Å². The van der Waals surface area contributed by atoms with Crippen molar-refractivity contribution in [2.24, 2.45) is 0 Å². The molecule has 1 amide bonds. The van der Waals surface area contributed by atoms with Gasteiger partial charge in [0.15, 0.2) is 5.78 Å². The summed E-state index contributed by atoms with van der Waals surface area (Å²) in [6, 6.07) is 11.9. The predicted molar refractivity (Wildman–Crippen MR) is 110 cm³/mol. The van der Waals surface area contributed by atoms with E-state index in [9.17, 15) is 14.4 Å². The van der Waals surface area contributed by atoms with E-state index in [4.69, 9.17) is 14.2 Å². The molecule has 2 aromatic carbocycles. The number of rotatable bonds is 7. The van der Waals surface area contributed by atoms with Gasteiger partial charge in [0.25, 0.3) is 5.91 Å². The quantitative estimate of drug-likeness (QED) is 0.304. The zero-order valence-electron chi connectivity index (χ0n) is 16.9. The van der Waals surface area contributed by atoms with E-state index in [2.05, 4.69) is 12.3 Å². The second-order valence-electron chi connectivity index (χ2n) is 6.57. The molecule has 2 atom stereocenters. The fraction of sp³-hybridized carbons (Fsp3) is 0.217. The van der Waals surface area contributed by atoms with E-state index in [0.29, 0.717) is 17.2 Å². The summed E-state index contributed by atoms with van der Waals surface area (Å²) in [7, 11) is 3.04. The maximum absolute atomic E-state index is 12.9. The van der Waals surface area contributed by atoms with Crippen LogP contribution in [0.2, 0.25) is 0 Å². The van der Waals surface area contributed by atoms with Crippen molar-refractivity contribution < 1.29 is 28.6 Å². The van der Waals surface area contributed by atoms with Crippen LogP contribution in [0.25, 0.3) is 0 Å². The molecule has 2 aromatic rings. The number of Topliss-reactive ketones (excluding diaryl/α,β-unsaturated/α-hetero) is 1. The smallest absolute Gasteiger partial charge is 0.339 e. The summed E-state index contributed by atoms with van der Waals surface area (Å²) in [5.41, 5.74) is 3.53. The van der Waals surface area contributed by atoms with Crippen LogP contribution in [-0.2, 0) is 14.3 Å². The van der Waals surface area contributed by atoms with Crippen LogP contribution in [0.5, 0.6) is 11.5 Å². The first kappa shape index (κ1) is 20.9. The third kappa shape index (κ3) is 3.83. The molecule has 1 fully saturated rings. The number of hydrogen-bond donors (Lipinski definition) is 0. The zero-order valence-corrected chi connectivity index (χ0v) is 16.9. The minimum Gasteiger partial charge on any atom is -0.497 e. The van der Waals surface area contributed by atoms with Gasteiger partial charge >= 0.3 is 5.97 Å². The predicted octanol–water partition coefficient (Wildman–Crippen LogP) is 2.94. The highest BCUT2D eigenvalue weighted by Crippen LogP contribution is 2.33. The molecule has 0 unspecified atom stereocenters. The van der Waals surface area contributed by atoms with Crippen LogP contribution in [0.4, 0.5) is 5.69 Å². The number of anilines is 1. The third-order valence-electron chi connectivity index (χ3n) is 4.86. The van der Waals surface area contributed by atoms with Crippen LogP contribution in [0.15, 0.2) is 66.4 Å². The van der Waals surface area contributed by atoms with Crippen molar-refractivity contribution in [1.82, 2.24) is 0 Å². The summed E-state index contributed by atoms with van der Waals surface area (Å²) in [6.07, 6.45) is -1.24. The number of carbonyl (C=O) groups is 3. The molecule has 0 saturated carbocycles. The lowest BCUT2D eigenvalue weighted by atomic mass is 9.89. The van der Waals surface area contributed by atoms with Crippen molar-refractivity contribution in [3.63, 3.8) is 0 Å². The highest BCUT2D eigenvalue weighted by Gasteiger charge is 2.55. The van der Waals surface area contributed by atoms with Crippen molar-refractivity contribution in [3.05, 3.63) is 72.0 Å². The topological polar surface area (TPSA) is 82.1 Å². The molecule has 3 rings (SSSR count). The molecule has 7 heteroatoms. The largest absolute Gasteiger partial charge is 0.497 e.